The summed E-state index contributed by atoms with van der Waals surface area (Å²) in [6.07, 6.45) is -1.39. The van der Waals surface area contributed by atoms with Crippen LogP contribution in [0.2, 0.25) is 0 Å². The van der Waals surface area contributed by atoms with Gasteiger partial charge < -0.3 is 19.1 Å². The molecule has 0 amide bonds. The Labute approximate surface area is 222 Å². The maximum Gasteiger partial charge on any atom is 0.475 e. The van der Waals surface area contributed by atoms with Crippen molar-refractivity contribution in [3.63, 3.8) is 0 Å². The average molecular weight is 553 g/mol. The lowest BCUT2D eigenvalue weighted by Crippen LogP contribution is -2.33. The van der Waals surface area contributed by atoms with E-state index in [0.29, 0.717) is 17.0 Å². The van der Waals surface area contributed by atoms with Gasteiger partial charge in [-0.2, -0.15) is 5.26 Å². The largest absolute Gasteiger partial charge is 0.475 e. The first kappa shape index (κ1) is 28.8. The number of aromatic nitrogens is 4. The second-order valence-electron chi connectivity index (χ2n) is 12.0. The summed E-state index contributed by atoms with van der Waals surface area (Å²) in [7, 11) is -0.350. The predicted molar refractivity (Wildman–Crippen MR) is 137 cm³/mol. The van der Waals surface area contributed by atoms with Gasteiger partial charge in [-0.1, -0.05) is 0 Å². The molecular formula is C24H37N6O7P. The number of hydrogen-bond acceptors (Lipinski definition) is 12. The number of nitriles is 1. The fourth-order valence-corrected chi connectivity index (χ4v) is 6.27. The molecule has 0 aliphatic carbocycles. The summed E-state index contributed by atoms with van der Waals surface area (Å²) in [6, 6.07) is 2.12. The lowest BCUT2D eigenvalue weighted by Gasteiger charge is -2.32. The molecule has 210 valence electrons. The highest BCUT2D eigenvalue weighted by Crippen LogP contribution is 2.56. The molecule has 2 aliphatic heterocycles. The van der Waals surface area contributed by atoms with Crippen molar-refractivity contribution >= 4 is 24.8 Å². The summed E-state index contributed by atoms with van der Waals surface area (Å²) in [5.74, 6) is -0.293. The van der Waals surface area contributed by atoms with Crippen LogP contribution >= 0.6 is 7.82 Å². The third-order valence-corrected chi connectivity index (χ3v) is 7.54. The molecule has 0 bridgehead atoms. The Kier molecular flexibility index (Phi) is 7.42. The van der Waals surface area contributed by atoms with E-state index in [-0.39, 0.29) is 12.4 Å². The molecule has 38 heavy (non-hydrogen) atoms. The molecule has 4 rings (SSSR count). The molecule has 4 heterocycles. The van der Waals surface area contributed by atoms with Crippen LogP contribution in [0.1, 0.15) is 67.4 Å². The van der Waals surface area contributed by atoms with Gasteiger partial charge in [-0.05, 0) is 55.4 Å². The molecule has 0 N–H and O–H groups in total. The second kappa shape index (κ2) is 9.78. The third-order valence-electron chi connectivity index (χ3n) is 5.53. The number of fused-ring (bicyclic) bond motifs is 2. The number of phosphoric ester groups is 1. The number of nitrogens with zero attached hydrogens (tertiary/aromatic N) is 6. The highest BCUT2D eigenvalue weighted by Gasteiger charge is 2.57. The van der Waals surface area contributed by atoms with E-state index in [2.05, 4.69) is 21.0 Å². The number of phosphoric acid groups is 1. The lowest BCUT2D eigenvalue weighted by molar-refractivity contribution is -0.199. The van der Waals surface area contributed by atoms with Crippen molar-refractivity contribution < 1.29 is 32.3 Å². The topological polar surface area (TPSA) is 143 Å². The van der Waals surface area contributed by atoms with Crippen molar-refractivity contribution in [2.45, 2.75) is 96.9 Å². The quantitative estimate of drug-likeness (QED) is 0.459. The monoisotopic (exact) mass is 552 g/mol. The van der Waals surface area contributed by atoms with E-state index in [1.807, 2.05) is 14.1 Å². The van der Waals surface area contributed by atoms with E-state index in [1.54, 1.807) is 64.9 Å². The zero-order valence-corrected chi connectivity index (χ0v) is 24.5. The first-order valence-electron chi connectivity index (χ1n) is 12.4. The Balaban J connectivity index is 1.69. The number of ether oxygens (including phenoxy) is 3. The highest BCUT2D eigenvalue weighted by atomic mass is 31.2. The fraction of sp³-hybridized carbons (Fsp3) is 0.750. The van der Waals surface area contributed by atoms with Crippen LogP contribution in [0.15, 0.2) is 6.33 Å². The van der Waals surface area contributed by atoms with E-state index in [9.17, 15) is 9.83 Å². The molecule has 2 aromatic rings. The summed E-state index contributed by atoms with van der Waals surface area (Å²) in [5.41, 5.74) is -0.720. The van der Waals surface area contributed by atoms with Crippen LogP contribution in [0.5, 0.6) is 0 Å². The number of hydrogen-bond donors (Lipinski definition) is 0. The van der Waals surface area contributed by atoms with E-state index in [4.69, 9.17) is 27.8 Å². The maximum absolute atomic E-state index is 13.6. The minimum atomic E-state index is -4.01. The van der Waals surface area contributed by atoms with Crippen LogP contribution < -0.4 is 4.90 Å². The molecule has 2 aliphatic rings. The summed E-state index contributed by atoms with van der Waals surface area (Å²) in [5, 5.41) is 9.93. The van der Waals surface area contributed by atoms with Crippen LogP contribution in [0.25, 0.3) is 11.2 Å². The molecule has 0 spiro atoms. The second-order valence-corrected chi connectivity index (χ2v) is 13.5. The van der Waals surface area contributed by atoms with Gasteiger partial charge in [0.2, 0.25) is 5.82 Å². The first-order chi connectivity index (χ1) is 17.4. The number of anilines is 1. The van der Waals surface area contributed by atoms with E-state index < -0.39 is 49.4 Å². The van der Waals surface area contributed by atoms with Crippen LogP contribution in [-0.4, -0.2) is 75.5 Å². The summed E-state index contributed by atoms with van der Waals surface area (Å²) < 4.78 is 51.3. The zero-order valence-electron chi connectivity index (χ0n) is 23.6. The fourth-order valence-electron chi connectivity index (χ4n) is 4.45. The van der Waals surface area contributed by atoms with Gasteiger partial charge >= 0.3 is 7.82 Å². The molecular weight excluding hydrogens is 515 g/mol. The number of rotatable bonds is 7. The molecule has 0 unspecified atom stereocenters. The molecule has 0 aromatic carbocycles. The first-order valence-corrected chi connectivity index (χ1v) is 13.9. The molecule has 2 fully saturated rings. The third kappa shape index (κ3) is 6.02. The molecule has 0 radical (unpaired) electrons. The highest BCUT2D eigenvalue weighted by molar-refractivity contribution is 7.48. The van der Waals surface area contributed by atoms with Gasteiger partial charge in [0, 0.05) is 14.1 Å². The van der Waals surface area contributed by atoms with Crippen LogP contribution in [0, 0.1) is 11.3 Å². The Morgan fingerprint density at radius 2 is 1.71 bits per heavy atom. The lowest BCUT2D eigenvalue weighted by atomic mass is 10.1. The SMILES string of the molecule is CN(C)c1ncnc2c1nc(C#N)n2[C@@H]1O[C@H](COP(=O)(OC(C)(C)C)OC(C)(C)C)[C@H]2OC(C)(C)O[C@H]21. The van der Waals surface area contributed by atoms with Crippen molar-refractivity contribution in [3.05, 3.63) is 12.2 Å². The van der Waals surface area contributed by atoms with Crippen LogP contribution in [-0.2, 0) is 32.3 Å². The maximum atomic E-state index is 13.6. The van der Waals surface area contributed by atoms with Gasteiger partial charge in [-0.3, -0.25) is 18.1 Å². The summed E-state index contributed by atoms with van der Waals surface area (Å²) in [6.45, 7) is 14.0. The normalized spacial score (nSPS) is 25.5. The van der Waals surface area contributed by atoms with Crippen molar-refractivity contribution in [2.75, 3.05) is 25.6 Å². The standard InChI is InChI=1S/C24H37N6O7P/c1-22(2,3)36-38(31,37-23(4,5)6)32-12-14-17-18(35-24(7,8)34-17)21(33-14)30-15(11-25)28-16-19(29(9)10)26-13-27-20(16)30/h13-14,17-18,21H,12H2,1-10H3/t14-,17-,18-,21-/m1/s1. The van der Waals surface area contributed by atoms with Gasteiger partial charge in [0.25, 0.3) is 0 Å². The minimum absolute atomic E-state index is 0.0834. The molecule has 13 nitrogen and oxygen atoms in total. The van der Waals surface area contributed by atoms with Gasteiger partial charge in [0.1, 0.15) is 30.7 Å². The minimum Gasteiger partial charge on any atom is -0.361 e. The van der Waals surface area contributed by atoms with E-state index in [0.717, 1.165) is 0 Å². The zero-order chi connectivity index (χ0) is 28.3. The molecule has 2 aromatic heterocycles. The van der Waals surface area contributed by atoms with Gasteiger partial charge in [-0.25, -0.2) is 19.5 Å². The van der Waals surface area contributed by atoms with Gasteiger partial charge in [-0.15, -0.1) is 0 Å². The van der Waals surface area contributed by atoms with Crippen LogP contribution in [0.4, 0.5) is 5.82 Å². The molecule has 0 saturated carbocycles. The van der Waals surface area contributed by atoms with Gasteiger partial charge in [0.15, 0.2) is 29.0 Å². The summed E-state index contributed by atoms with van der Waals surface area (Å²) in [4.78, 5) is 15.0. The van der Waals surface area contributed by atoms with Crippen molar-refractivity contribution in [2.24, 2.45) is 0 Å². The van der Waals surface area contributed by atoms with Gasteiger partial charge in [0.05, 0.1) is 17.8 Å². The smallest absolute Gasteiger partial charge is 0.361 e. The predicted octanol–water partition coefficient (Wildman–Crippen LogP) is 3.94. The molecule has 2 saturated heterocycles. The average Bonchev–Trinajstić information content (AvgIpc) is 3.37. The van der Waals surface area contributed by atoms with Crippen LogP contribution in [0.3, 0.4) is 0 Å². The summed E-state index contributed by atoms with van der Waals surface area (Å²) >= 11 is 0. The Hall–Kier alpha value is -2.17. The number of imidazole rings is 1. The van der Waals surface area contributed by atoms with E-state index in [1.165, 1.54) is 6.33 Å². The van der Waals surface area contributed by atoms with E-state index >= 15 is 0 Å². The Morgan fingerprint density at radius 1 is 1.11 bits per heavy atom. The Bertz CT molecular complexity index is 1260. The molecule has 14 heteroatoms. The Morgan fingerprint density at radius 3 is 2.26 bits per heavy atom. The van der Waals surface area contributed by atoms with Crippen molar-refractivity contribution in [1.82, 2.24) is 19.5 Å². The molecule has 4 atom stereocenters. The van der Waals surface area contributed by atoms with Crippen molar-refractivity contribution in [3.8, 4) is 6.07 Å². The van der Waals surface area contributed by atoms with Crippen molar-refractivity contribution in [1.29, 1.82) is 5.26 Å².